The number of benzene rings is 1. The first kappa shape index (κ1) is 17.9. The van der Waals surface area contributed by atoms with E-state index in [-0.39, 0.29) is 18.1 Å². The van der Waals surface area contributed by atoms with E-state index in [4.69, 9.17) is 20.2 Å². The third-order valence-corrected chi connectivity index (χ3v) is 3.70. The summed E-state index contributed by atoms with van der Waals surface area (Å²) < 4.78 is 45.8. The van der Waals surface area contributed by atoms with Crippen LogP contribution in [0.1, 0.15) is 24.2 Å². The highest BCUT2D eigenvalue weighted by molar-refractivity contribution is 8.13. The van der Waals surface area contributed by atoms with E-state index in [9.17, 15) is 17.6 Å². The fourth-order valence-corrected chi connectivity index (χ4v) is 2.18. The van der Waals surface area contributed by atoms with E-state index in [2.05, 4.69) is 0 Å². The van der Waals surface area contributed by atoms with Crippen LogP contribution >= 0.6 is 10.7 Å². The minimum atomic E-state index is -4.04. The molecule has 0 aromatic heterocycles. The molecular weight excluding hydrogens is 323 g/mol. The molecule has 0 saturated carbocycles. The minimum absolute atomic E-state index is 0.0527. The van der Waals surface area contributed by atoms with Crippen molar-refractivity contribution in [1.29, 1.82) is 0 Å². The lowest BCUT2D eigenvalue weighted by Gasteiger charge is -2.08. The summed E-state index contributed by atoms with van der Waals surface area (Å²) in [6, 6.07) is 2.66. The van der Waals surface area contributed by atoms with Crippen LogP contribution in [0.25, 0.3) is 0 Å². The van der Waals surface area contributed by atoms with Gasteiger partial charge >= 0.3 is 5.97 Å². The fourth-order valence-electron chi connectivity index (χ4n) is 1.40. The Morgan fingerprint density at radius 3 is 2.57 bits per heavy atom. The van der Waals surface area contributed by atoms with Crippen molar-refractivity contribution in [2.45, 2.75) is 18.7 Å². The first-order valence-corrected chi connectivity index (χ1v) is 8.52. The van der Waals surface area contributed by atoms with Crippen molar-refractivity contribution in [2.75, 3.05) is 19.8 Å². The highest BCUT2D eigenvalue weighted by atomic mass is 35.7. The Morgan fingerprint density at radius 2 is 2.00 bits per heavy atom. The number of hydrogen-bond acceptors (Lipinski definition) is 5. The Bertz CT molecular complexity index is 601. The van der Waals surface area contributed by atoms with Gasteiger partial charge in [-0.1, -0.05) is 13.8 Å². The second-order valence-corrected chi connectivity index (χ2v) is 7.25. The van der Waals surface area contributed by atoms with Gasteiger partial charge in [-0.15, -0.1) is 0 Å². The minimum Gasteiger partial charge on any atom is -0.460 e. The molecule has 21 heavy (non-hydrogen) atoms. The Labute approximate surface area is 127 Å². The normalized spacial score (nSPS) is 11.7. The molecule has 118 valence electrons. The van der Waals surface area contributed by atoms with Crippen LogP contribution < -0.4 is 0 Å². The molecule has 1 aromatic carbocycles. The summed E-state index contributed by atoms with van der Waals surface area (Å²) in [4.78, 5) is 11.3. The maximum atomic E-state index is 13.5. The smallest absolute Gasteiger partial charge is 0.341 e. The first-order valence-electron chi connectivity index (χ1n) is 6.21. The zero-order valence-electron chi connectivity index (χ0n) is 11.6. The number of ether oxygens (including phenoxy) is 2. The van der Waals surface area contributed by atoms with Gasteiger partial charge in [0, 0.05) is 17.3 Å². The molecule has 0 unspecified atom stereocenters. The molecule has 0 saturated heterocycles. The fraction of sp³-hybridized carbons (Fsp3) is 0.462. The Balaban J connectivity index is 2.66. The van der Waals surface area contributed by atoms with Crippen LogP contribution in [-0.4, -0.2) is 34.2 Å². The molecule has 0 aliphatic rings. The second-order valence-electron chi connectivity index (χ2n) is 4.68. The summed E-state index contributed by atoms with van der Waals surface area (Å²) in [5, 5.41) is 0. The van der Waals surface area contributed by atoms with Gasteiger partial charge in [0.1, 0.15) is 12.4 Å². The Hall–Kier alpha value is -1.18. The van der Waals surface area contributed by atoms with E-state index in [0.717, 1.165) is 18.2 Å². The molecule has 0 amide bonds. The maximum absolute atomic E-state index is 13.5. The number of hydrogen-bond donors (Lipinski definition) is 0. The largest absolute Gasteiger partial charge is 0.460 e. The highest BCUT2D eigenvalue weighted by Gasteiger charge is 2.18. The van der Waals surface area contributed by atoms with Crippen LogP contribution in [0, 0.1) is 11.7 Å². The number of halogens is 2. The summed E-state index contributed by atoms with van der Waals surface area (Å²) in [5.41, 5.74) is -0.486. The van der Waals surface area contributed by atoms with E-state index in [0.29, 0.717) is 12.5 Å². The van der Waals surface area contributed by atoms with Crippen molar-refractivity contribution in [3.8, 4) is 0 Å². The van der Waals surface area contributed by atoms with Gasteiger partial charge < -0.3 is 9.47 Å². The van der Waals surface area contributed by atoms with Crippen LogP contribution in [0.2, 0.25) is 0 Å². The molecule has 1 rings (SSSR count). The van der Waals surface area contributed by atoms with Crippen LogP contribution in [0.5, 0.6) is 0 Å². The van der Waals surface area contributed by atoms with Crippen LogP contribution in [0.15, 0.2) is 23.1 Å². The molecule has 0 spiro atoms. The summed E-state index contributed by atoms with van der Waals surface area (Å²) in [5.74, 6) is -1.50. The lowest BCUT2D eigenvalue weighted by atomic mass is 10.2. The van der Waals surface area contributed by atoms with E-state index >= 15 is 0 Å². The molecule has 8 heteroatoms. The molecular formula is C13H16ClFO5S. The molecule has 5 nitrogen and oxygen atoms in total. The predicted octanol–water partition coefficient (Wildman–Crippen LogP) is 2.58. The third-order valence-electron chi connectivity index (χ3n) is 2.35. The Kier molecular flexibility index (Phi) is 6.57. The third kappa shape index (κ3) is 5.99. The van der Waals surface area contributed by atoms with Crippen molar-refractivity contribution < 1.29 is 27.1 Å². The quantitative estimate of drug-likeness (QED) is 0.434. The summed E-state index contributed by atoms with van der Waals surface area (Å²) in [6.07, 6.45) is 0. The van der Waals surface area contributed by atoms with Gasteiger partial charge in [0.05, 0.1) is 17.1 Å². The van der Waals surface area contributed by atoms with Crippen molar-refractivity contribution in [3.63, 3.8) is 0 Å². The molecule has 1 aromatic rings. The number of carbonyl (C=O) groups is 1. The second kappa shape index (κ2) is 7.72. The summed E-state index contributed by atoms with van der Waals surface area (Å²) in [7, 11) is 1.10. The number of carbonyl (C=O) groups excluding carboxylic acids is 1. The predicted molar refractivity (Wildman–Crippen MR) is 75.4 cm³/mol. The summed E-state index contributed by atoms with van der Waals surface area (Å²) in [6.45, 7) is 4.59. The van der Waals surface area contributed by atoms with Crippen molar-refractivity contribution >= 4 is 25.7 Å². The molecule has 0 aliphatic carbocycles. The molecule has 0 N–H and O–H groups in total. The van der Waals surface area contributed by atoms with Crippen LogP contribution in [-0.2, 0) is 18.5 Å². The lowest BCUT2D eigenvalue weighted by molar-refractivity contribution is 0.0273. The SMILES string of the molecule is CC(C)COCCOC(=O)c1cc(S(=O)(=O)Cl)ccc1F. The van der Waals surface area contributed by atoms with Gasteiger partial charge in [-0.05, 0) is 24.1 Å². The number of esters is 1. The van der Waals surface area contributed by atoms with Gasteiger partial charge in [-0.3, -0.25) is 0 Å². The molecule has 0 fully saturated rings. The molecule has 0 bridgehead atoms. The average molecular weight is 339 g/mol. The first-order chi connectivity index (χ1) is 9.71. The van der Waals surface area contributed by atoms with E-state index in [1.54, 1.807) is 0 Å². The molecule has 0 heterocycles. The topological polar surface area (TPSA) is 69.7 Å². The summed E-state index contributed by atoms with van der Waals surface area (Å²) >= 11 is 0. The van der Waals surface area contributed by atoms with Crippen molar-refractivity contribution in [1.82, 2.24) is 0 Å². The molecule has 0 atom stereocenters. The highest BCUT2D eigenvalue weighted by Crippen LogP contribution is 2.19. The number of rotatable bonds is 7. The van der Waals surface area contributed by atoms with Crippen molar-refractivity contribution in [3.05, 3.63) is 29.6 Å². The van der Waals surface area contributed by atoms with Gasteiger partial charge in [-0.25, -0.2) is 17.6 Å². The van der Waals surface area contributed by atoms with Crippen LogP contribution in [0.3, 0.4) is 0 Å². The average Bonchev–Trinajstić information content (AvgIpc) is 2.36. The Morgan fingerprint density at radius 1 is 1.33 bits per heavy atom. The molecule has 0 radical (unpaired) electrons. The van der Waals surface area contributed by atoms with Crippen molar-refractivity contribution in [2.24, 2.45) is 5.92 Å². The zero-order valence-corrected chi connectivity index (χ0v) is 13.2. The van der Waals surface area contributed by atoms with E-state index < -0.39 is 26.4 Å². The monoisotopic (exact) mass is 338 g/mol. The van der Waals surface area contributed by atoms with E-state index in [1.807, 2.05) is 13.8 Å². The standard InChI is InChI=1S/C13H16ClFO5S/c1-9(2)8-19-5-6-20-13(16)11-7-10(21(14,17)18)3-4-12(11)15/h3-4,7,9H,5-6,8H2,1-2H3. The van der Waals surface area contributed by atoms with Gasteiger partial charge in [0.25, 0.3) is 9.05 Å². The van der Waals surface area contributed by atoms with E-state index in [1.165, 1.54) is 0 Å². The van der Waals surface area contributed by atoms with Gasteiger partial charge in [-0.2, -0.15) is 0 Å². The zero-order chi connectivity index (χ0) is 16.0. The molecule has 0 aliphatic heterocycles. The maximum Gasteiger partial charge on any atom is 0.341 e. The van der Waals surface area contributed by atoms with Gasteiger partial charge in [0.2, 0.25) is 0 Å². The van der Waals surface area contributed by atoms with Gasteiger partial charge in [0.15, 0.2) is 0 Å². The van der Waals surface area contributed by atoms with Crippen LogP contribution in [0.4, 0.5) is 4.39 Å². The lowest BCUT2D eigenvalue weighted by Crippen LogP contribution is -2.14.